The second kappa shape index (κ2) is 7.14. The fraction of sp³-hybridized carbons (Fsp3) is 0.444. The number of piperidine rings is 1. The lowest BCUT2D eigenvalue weighted by Gasteiger charge is -2.23. The Morgan fingerprint density at radius 3 is 2.84 bits per heavy atom. The average molecular weight is 338 g/mol. The van der Waals surface area contributed by atoms with Crippen LogP contribution in [-0.4, -0.2) is 44.1 Å². The van der Waals surface area contributed by atoms with E-state index in [9.17, 15) is 0 Å². The molecule has 0 aliphatic carbocycles. The smallest absolute Gasteiger partial charge is 0.242 e. The Balaban J connectivity index is 1.71. The maximum absolute atomic E-state index is 6.19. The third-order valence-corrected chi connectivity index (χ3v) is 4.36. The molecule has 1 saturated heterocycles. The fourth-order valence-electron chi connectivity index (χ4n) is 3.07. The third-order valence-electron chi connectivity index (χ3n) is 4.36. The highest BCUT2D eigenvalue weighted by atomic mass is 16.5. The van der Waals surface area contributed by atoms with E-state index in [-0.39, 0.29) is 6.10 Å². The van der Waals surface area contributed by atoms with Gasteiger partial charge in [-0.25, -0.2) is 15.0 Å². The molecule has 4 heterocycles. The molecule has 0 atom stereocenters. The summed E-state index contributed by atoms with van der Waals surface area (Å²) < 4.78 is 6.19. The molecule has 7 heteroatoms. The first-order valence-electron chi connectivity index (χ1n) is 8.88. The molecule has 3 aromatic heterocycles. The summed E-state index contributed by atoms with van der Waals surface area (Å²) in [4.78, 5) is 21.4. The molecule has 4 rings (SSSR count). The summed E-state index contributed by atoms with van der Waals surface area (Å²) in [5.41, 5.74) is 2.65. The van der Waals surface area contributed by atoms with Crippen molar-refractivity contribution in [3.8, 4) is 17.5 Å². The van der Waals surface area contributed by atoms with Crippen molar-refractivity contribution in [3.05, 3.63) is 30.2 Å². The van der Waals surface area contributed by atoms with Crippen LogP contribution in [0, 0.1) is 0 Å². The number of rotatable bonds is 5. The van der Waals surface area contributed by atoms with Gasteiger partial charge in [-0.15, -0.1) is 0 Å². The monoisotopic (exact) mass is 338 g/mol. The van der Waals surface area contributed by atoms with Gasteiger partial charge in [-0.2, -0.15) is 4.98 Å². The minimum absolute atomic E-state index is 0.169. The zero-order valence-electron chi connectivity index (χ0n) is 14.3. The zero-order chi connectivity index (χ0) is 17.1. The van der Waals surface area contributed by atoms with Crippen LogP contribution < -0.4 is 10.1 Å². The van der Waals surface area contributed by atoms with E-state index in [1.165, 1.54) is 0 Å². The number of aromatic amines is 1. The van der Waals surface area contributed by atoms with Crippen molar-refractivity contribution in [3.63, 3.8) is 0 Å². The molecular formula is C18H22N6O. The molecule has 1 aliphatic rings. The summed E-state index contributed by atoms with van der Waals surface area (Å²) in [6, 6.07) is 3.86. The first kappa shape index (κ1) is 16.0. The van der Waals surface area contributed by atoms with Gasteiger partial charge in [-0.3, -0.25) is 0 Å². The third kappa shape index (κ3) is 3.46. The van der Waals surface area contributed by atoms with Crippen LogP contribution in [0.3, 0.4) is 0 Å². The van der Waals surface area contributed by atoms with Gasteiger partial charge in [0.25, 0.3) is 0 Å². The maximum atomic E-state index is 6.19. The first-order chi connectivity index (χ1) is 12.3. The van der Waals surface area contributed by atoms with Crippen LogP contribution in [0.5, 0.6) is 5.88 Å². The number of aromatic nitrogens is 5. The van der Waals surface area contributed by atoms with Crippen LogP contribution in [0.4, 0.5) is 0 Å². The predicted octanol–water partition coefficient (Wildman–Crippen LogP) is 2.50. The van der Waals surface area contributed by atoms with Gasteiger partial charge in [0.15, 0.2) is 5.82 Å². The van der Waals surface area contributed by atoms with Gasteiger partial charge in [0.1, 0.15) is 11.6 Å². The molecule has 25 heavy (non-hydrogen) atoms. The second-order valence-electron chi connectivity index (χ2n) is 6.28. The van der Waals surface area contributed by atoms with Gasteiger partial charge < -0.3 is 15.0 Å². The predicted molar refractivity (Wildman–Crippen MR) is 95.4 cm³/mol. The van der Waals surface area contributed by atoms with Crippen LogP contribution in [-0.2, 0) is 6.42 Å². The Hall–Kier alpha value is -2.54. The van der Waals surface area contributed by atoms with Crippen LogP contribution in [0.2, 0.25) is 0 Å². The van der Waals surface area contributed by atoms with Crippen molar-refractivity contribution in [2.45, 2.75) is 38.7 Å². The lowest BCUT2D eigenvalue weighted by molar-refractivity contribution is 0.158. The highest BCUT2D eigenvalue weighted by Crippen LogP contribution is 2.26. The van der Waals surface area contributed by atoms with Crippen molar-refractivity contribution >= 4 is 11.0 Å². The summed E-state index contributed by atoms with van der Waals surface area (Å²) in [5.74, 6) is 1.64. The van der Waals surface area contributed by atoms with E-state index in [4.69, 9.17) is 4.74 Å². The number of nitrogens with one attached hydrogen (secondary N) is 2. The van der Waals surface area contributed by atoms with E-state index in [0.29, 0.717) is 17.5 Å². The summed E-state index contributed by atoms with van der Waals surface area (Å²) in [6.07, 6.45) is 7.70. The van der Waals surface area contributed by atoms with Crippen LogP contribution in [0.25, 0.3) is 22.7 Å². The molecule has 1 aliphatic heterocycles. The topological polar surface area (TPSA) is 88.6 Å². The molecule has 0 bridgehead atoms. The van der Waals surface area contributed by atoms with E-state index in [1.54, 1.807) is 6.20 Å². The zero-order valence-corrected chi connectivity index (χ0v) is 14.3. The van der Waals surface area contributed by atoms with Gasteiger partial charge >= 0.3 is 0 Å². The molecule has 0 aromatic carbocycles. The second-order valence-corrected chi connectivity index (χ2v) is 6.28. The fourth-order valence-corrected chi connectivity index (χ4v) is 3.07. The molecule has 7 nitrogen and oxygen atoms in total. The van der Waals surface area contributed by atoms with Crippen molar-refractivity contribution in [2.75, 3.05) is 13.1 Å². The maximum Gasteiger partial charge on any atom is 0.242 e. The number of H-pyrrole nitrogens is 1. The van der Waals surface area contributed by atoms with Crippen molar-refractivity contribution in [2.24, 2.45) is 0 Å². The van der Waals surface area contributed by atoms with Gasteiger partial charge in [-0.05, 0) is 44.5 Å². The Labute approximate surface area is 146 Å². The van der Waals surface area contributed by atoms with Crippen molar-refractivity contribution in [1.29, 1.82) is 0 Å². The van der Waals surface area contributed by atoms with Crippen molar-refractivity contribution in [1.82, 2.24) is 30.2 Å². The molecule has 130 valence electrons. The van der Waals surface area contributed by atoms with E-state index < -0.39 is 0 Å². The van der Waals surface area contributed by atoms with Crippen LogP contribution in [0.15, 0.2) is 24.5 Å². The largest absolute Gasteiger partial charge is 0.473 e. The molecule has 0 saturated carbocycles. The molecule has 2 N–H and O–H groups in total. The van der Waals surface area contributed by atoms with Crippen molar-refractivity contribution < 1.29 is 4.74 Å². The quantitative estimate of drug-likeness (QED) is 0.743. The molecule has 0 spiro atoms. The lowest BCUT2D eigenvalue weighted by atomic mass is 10.1. The number of nitrogens with zero attached hydrogens (tertiary/aromatic N) is 4. The number of ether oxygens (including phenoxy) is 1. The molecule has 3 aromatic rings. The normalized spacial score (nSPS) is 15.6. The lowest BCUT2D eigenvalue weighted by Crippen LogP contribution is -2.34. The SMILES string of the molecule is CCCc1ccnc(-c2nc(OC3CCNCC3)c3[nH]ccc3n2)n1. The summed E-state index contributed by atoms with van der Waals surface area (Å²) in [7, 11) is 0. The highest BCUT2D eigenvalue weighted by molar-refractivity contribution is 5.81. The van der Waals surface area contributed by atoms with E-state index in [2.05, 4.69) is 37.2 Å². The van der Waals surface area contributed by atoms with E-state index >= 15 is 0 Å². The van der Waals surface area contributed by atoms with Gasteiger partial charge in [0.2, 0.25) is 11.7 Å². The number of hydrogen-bond acceptors (Lipinski definition) is 6. The summed E-state index contributed by atoms with van der Waals surface area (Å²) in [6.45, 7) is 4.08. The Kier molecular flexibility index (Phi) is 4.56. The minimum Gasteiger partial charge on any atom is -0.473 e. The van der Waals surface area contributed by atoms with Crippen LogP contribution >= 0.6 is 0 Å². The van der Waals surface area contributed by atoms with Gasteiger partial charge in [0.05, 0.1) is 5.52 Å². The molecule has 0 amide bonds. The standard InChI is InChI=1S/C18H22N6O/c1-2-3-12-4-10-21-16(22-12)17-23-14-7-11-20-15(14)18(24-17)25-13-5-8-19-9-6-13/h4,7,10-11,13,19-20H,2-3,5-6,8-9H2,1H3. The van der Waals surface area contributed by atoms with E-state index in [0.717, 1.165) is 55.5 Å². The highest BCUT2D eigenvalue weighted by Gasteiger charge is 2.19. The summed E-state index contributed by atoms with van der Waals surface area (Å²) in [5, 5.41) is 3.35. The molecular weight excluding hydrogens is 316 g/mol. The average Bonchev–Trinajstić information content (AvgIpc) is 3.12. The molecule has 1 fully saturated rings. The number of fused-ring (bicyclic) bond motifs is 1. The van der Waals surface area contributed by atoms with Crippen LogP contribution in [0.1, 0.15) is 31.9 Å². The summed E-state index contributed by atoms with van der Waals surface area (Å²) >= 11 is 0. The number of hydrogen-bond donors (Lipinski definition) is 2. The molecule has 0 unspecified atom stereocenters. The minimum atomic E-state index is 0.169. The number of aryl methyl sites for hydroxylation is 1. The first-order valence-corrected chi connectivity index (χ1v) is 8.88. The Bertz CT molecular complexity index is 856. The molecule has 0 radical (unpaired) electrons. The van der Waals surface area contributed by atoms with Gasteiger partial charge in [-0.1, -0.05) is 13.3 Å². The Morgan fingerprint density at radius 2 is 2.00 bits per heavy atom. The van der Waals surface area contributed by atoms with E-state index in [1.807, 2.05) is 18.3 Å². The van der Waals surface area contributed by atoms with Gasteiger partial charge in [0, 0.05) is 18.1 Å². The Morgan fingerprint density at radius 1 is 1.12 bits per heavy atom.